The van der Waals surface area contributed by atoms with Crippen LogP contribution in [0.3, 0.4) is 0 Å². The molecule has 3 atom stereocenters. The van der Waals surface area contributed by atoms with Crippen LogP contribution >= 0.6 is 22.9 Å². The van der Waals surface area contributed by atoms with Crippen molar-refractivity contribution in [1.29, 1.82) is 0 Å². The number of likely N-dealkylation sites (tertiary alicyclic amines) is 1. The fraction of sp³-hybridized carbons (Fsp3) is 0.450. The van der Waals surface area contributed by atoms with E-state index in [9.17, 15) is 29.4 Å². The normalized spacial score (nSPS) is 15.1. The van der Waals surface area contributed by atoms with Gasteiger partial charge in [0, 0.05) is 38.2 Å². The Kier molecular flexibility index (Phi) is 25.7. The highest BCUT2D eigenvalue weighted by Gasteiger charge is 2.44. The first-order valence-electron chi connectivity index (χ1n) is 26.8. The SMILES string of the molecule is Cc1ncsc1-c1ccc(CNC(=O)[C@@H]2C[C@@H](O)CN2C(=O)[C@@H](NC(=O)CCOCCOCCOCCOCCOCCC(=O)NCCOc2ccc(C(=C(CCCl)c3ccccc3)c3ccc(O)cc3)cc2)C(C)(C)C)cc1. The highest BCUT2D eigenvalue weighted by molar-refractivity contribution is 7.13. The van der Waals surface area contributed by atoms with Crippen molar-refractivity contribution in [2.75, 3.05) is 91.6 Å². The molecule has 1 aliphatic rings. The van der Waals surface area contributed by atoms with Gasteiger partial charge in [-0.25, -0.2) is 4.98 Å². The molecule has 1 saturated heterocycles. The van der Waals surface area contributed by atoms with Crippen LogP contribution in [-0.2, 0) is 49.4 Å². The molecule has 0 saturated carbocycles. The number of allylic oxidation sites excluding steroid dienone is 1. The van der Waals surface area contributed by atoms with Crippen LogP contribution in [0.4, 0.5) is 0 Å². The molecular weight excluding hydrogens is 1050 g/mol. The molecular formula is C60H76ClN5O12S. The first-order valence-corrected chi connectivity index (χ1v) is 28.2. The van der Waals surface area contributed by atoms with E-state index in [2.05, 4.69) is 33.1 Å². The lowest BCUT2D eigenvalue weighted by Crippen LogP contribution is -2.57. The van der Waals surface area contributed by atoms with E-state index >= 15 is 0 Å². The third kappa shape index (κ3) is 20.4. The number of hydrogen-bond donors (Lipinski definition) is 5. The number of aliphatic hydroxyl groups is 1. The first-order chi connectivity index (χ1) is 38.2. The number of aromatic hydroxyl groups is 1. The van der Waals surface area contributed by atoms with Gasteiger partial charge in [0.2, 0.25) is 23.6 Å². The van der Waals surface area contributed by atoms with Crippen molar-refractivity contribution in [2.45, 2.75) is 78.1 Å². The maximum absolute atomic E-state index is 13.9. The molecule has 0 spiro atoms. The predicted molar refractivity (Wildman–Crippen MR) is 306 cm³/mol. The number of rotatable bonds is 33. The molecule has 17 nitrogen and oxygen atoms in total. The van der Waals surface area contributed by atoms with E-state index in [0.717, 1.165) is 49.5 Å². The van der Waals surface area contributed by atoms with Crippen molar-refractivity contribution in [1.82, 2.24) is 25.8 Å². The Hall–Kier alpha value is -6.22. The highest BCUT2D eigenvalue weighted by atomic mass is 35.5. The second kappa shape index (κ2) is 32.8. The summed E-state index contributed by atoms with van der Waals surface area (Å²) in [5.74, 6) is 0.00941. The highest BCUT2D eigenvalue weighted by Crippen LogP contribution is 2.36. The molecule has 0 radical (unpaired) electrons. The van der Waals surface area contributed by atoms with Crippen molar-refractivity contribution in [2.24, 2.45) is 5.41 Å². The Morgan fingerprint density at radius 1 is 0.709 bits per heavy atom. The molecule has 0 bridgehead atoms. The Morgan fingerprint density at radius 3 is 1.84 bits per heavy atom. The second-order valence-electron chi connectivity index (χ2n) is 19.9. The van der Waals surface area contributed by atoms with Gasteiger partial charge in [-0.3, -0.25) is 19.2 Å². The monoisotopic (exact) mass is 1130 g/mol. The van der Waals surface area contributed by atoms with Crippen LogP contribution in [0.2, 0.25) is 0 Å². The van der Waals surface area contributed by atoms with Gasteiger partial charge in [0.25, 0.3) is 0 Å². The zero-order chi connectivity index (χ0) is 56.4. The molecule has 4 amide bonds. The number of carbonyl (C=O) groups excluding carboxylic acids is 4. The Balaban J connectivity index is 0.750. The summed E-state index contributed by atoms with van der Waals surface area (Å²) in [4.78, 5) is 59.5. The number of nitrogens with one attached hydrogen (secondary N) is 3. The fourth-order valence-corrected chi connectivity index (χ4v) is 9.78. The number of benzene rings is 4. The lowest BCUT2D eigenvalue weighted by atomic mass is 9.85. The number of aliphatic hydroxyl groups excluding tert-OH is 1. The largest absolute Gasteiger partial charge is 0.508 e. The summed E-state index contributed by atoms with van der Waals surface area (Å²) in [6.07, 6.45) is 0.115. The number of nitrogens with zero attached hydrogens (tertiary/aromatic N) is 2. The predicted octanol–water partition coefficient (Wildman–Crippen LogP) is 7.58. The molecule has 0 unspecified atom stereocenters. The maximum atomic E-state index is 13.9. The number of thiazole rings is 1. The van der Waals surface area contributed by atoms with E-state index in [1.165, 1.54) is 4.90 Å². The molecule has 1 fully saturated rings. The number of β-amino-alcohol motifs (C(OH)–C–C–N with tert-alkyl or cyclic N) is 1. The number of phenolic OH excluding ortho intramolecular Hbond substituents is 1. The van der Waals surface area contributed by atoms with E-state index in [-0.39, 0.29) is 75.6 Å². The Bertz CT molecular complexity index is 2680. The number of phenols is 1. The van der Waals surface area contributed by atoms with Crippen LogP contribution in [0.25, 0.3) is 21.6 Å². The standard InChI is InChI=1S/C60H76ClN5O12S/c1-42-56(79-41-64-42)47-12-10-43(11-13-47)39-63-58(71)52-38-49(68)40-66(52)59(72)57(60(2,3)4)65-54(70)24-28-74-31-33-76-35-37-77-36-34-75-32-30-73-27-23-53(69)62-26-29-78-50-20-16-46(17-21-50)55(45-14-18-48(67)19-15-45)51(22-25-61)44-8-6-5-7-9-44/h5-21,41,49,52,57,67-68H,22-40H2,1-4H3,(H,62,69)(H,63,71)(H,65,70)/t49-,52+,57-/m1/s1. The van der Waals surface area contributed by atoms with Crippen LogP contribution in [0.15, 0.2) is 109 Å². The van der Waals surface area contributed by atoms with Crippen molar-refractivity contribution in [3.63, 3.8) is 0 Å². The molecule has 6 rings (SSSR count). The van der Waals surface area contributed by atoms with Crippen LogP contribution < -0.4 is 20.7 Å². The van der Waals surface area contributed by atoms with Gasteiger partial charge in [-0.1, -0.05) is 99.6 Å². The lowest BCUT2D eigenvalue weighted by molar-refractivity contribution is -0.144. The number of carbonyl (C=O) groups is 4. The van der Waals surface area contributed by atoms with E-state index < -0.39 is 29.5 Å². The minimum absolute atomic E-state index is 0.0114. The van der Waals surface area contributed by atoms with Gasteiger partial charge >= 0.3 is 0 Å². The van der Waals surface area contributed by atoms with Gasteiger partial charge in [-0.05, 0) is 82.0 Å². The number of amides is 4. The average molecular weight is 1130 g/mol. The summed E-state index contributed by atoms with van der Waals surface area (Å²) in [5, 5.41) is 29.1. The lowest BCUT2D eigenvalue weighted by Gasteiger charge is -2.35. The smallest absolute Gasteiger partial charge is 0.246 e. The summed E-state index contributed by atoms with van der Waals surface area (Å²) in [7, 11) is 0. The molecule has 5 aromatic rings. The zero-order valence-corrected chi connectivity index (χ0v) is 47.3. The summed E-state index contributed by atoms with van der Waals surface area (Å²) in [6.45, 7) is 11.5. The second-order valence-corrected chi connectivity index (χ2v) is 21.2. The fourth-order valence-electron chi connectivity index (χ4n) is 8.78. The number of halogens is 1. The number of ether oxygens (including phenoxy) is 6. The van der Waals surface area contributed by atoms with E-state index in [4.69, 9.17) is 40.0 Å². The molecule has 1 aromatic heterocycles. The van der Waals surface area contributed by atoms with Gasteiger partial charge in [0.15, 0.2) is 0 Å². The summed E-state index contributed by atoms with van der Waals surface area (Å²) in [6, 6.07) is 31.1. The third-order valence-electron chi connectivity index (χ3n) is 12.9. The van der Waals surface area contributed by atoms with Crippen molar-refractivity contribution >= 4 is 57.7 Å². The van der Waals surface area contributed by atoms with Gasteiger partial charge in [-0.15, -0.1) is 22.9 Å². The van der Waals surface area contributed by atoms with E-state index in [0.29, 0.717) is 77.5 Å². The number of hydrogen-bond acceptors (Lipinski definition) is 14. The molecule has 19 heteroatoms. The minimum atomic E-state index is -0.937. The van der Waals surface area contributed by atoms with Crippen LogP contribution in [0.1, 0.15) is 74.4 Å². The van der Waals surface area contributed by atoms with Crippen LogP contribution in [0.5, 0.6) is 11.5 Å². The Morgan fingerprint density at radius 2 is 1.28 bits per heavy atom. The average Bonchev–Trinajstić information content (AvgIpc) is 4.14. The molecule has 1 aliphatic heterocycles. The molecule has 79 heavy (non-hydrogen) atoms. The molecule has 5 N–H and O–H groups in total. The van der Waals surface area contributed by atoms with Crippen LogP contribution in [0, 0.1) is 12.3 Å². The third-order valence-corrected chi connectivity index (χ3v) is 14.1. The van der Waals surface area contributed by atoms with Crippen molar-refractivity contribution in [3.05, 3.63) is 137 Å². The Labute approximate surface area is 472 Å². The maximum Gasteiger partial charge on any atom is 0.246 e. The van der Waals surface area contributed by atoms with Crippen LogP contribution in [-0.4, -0.2) is 154 Å². The molecule has 426 valence electrons. The van der Waals surface area contributed by atoms with Gasteiger partial charge in [0.1, 0.15) is 30.2 Å². The number of aromatic nitrogens is 1. The van der Waals surface area contributed by atoms with E-state index in [1.54, 1.807) is 23.5 Å². The molecule has 2 heterocycles. The van der Waals surface area contributed by atoms with Crippen molar-refractivity contribution in [3.8, 4) is 21.9 Å². The summed E-state index contributed by atoms with van der Waals surface area (Å²) >= 11 is 7.86. The van der Waals surface area contributed by atoms with E-state index in [1.807, 2.05) is 112 Å². The first kappa shape index (κ1) is 62.0. The number of alkyl halides is 1. The quantitative estimate of drug-likeness (QED) is 0.0156. The van der Waals surface area contributed by atoms with Gasteiger partial charge in [0.05, 0.1) is 94.8 Å². The molecule has 4 aromatic carbocycles. The number of aryl methyl sites for hydroxylation is 1. The van der Waals surface area contributed by atoms with Gasteiger partial charge in [-0.2, -0.15) is 0 Å². The topological polar surface area (TPSA) is 216 Å². The van der Waals surface area contributed by atoms with Crippen molar-refractivity contribution < 1.29 is 57.8 Å². The zero-order valence-electron chi connectivity index (χ0n) is 45.7. The summed E-state index contributed by atoms with van der Waals surface area (Å²) in [5.41, 5.74) is 9.17. The molecule has 0 aliphatic carbocycles. The minimum Gasteiger partial charge on any atom is -0.508 e. The van der Waals surface area contributed by atoms with Gasteiger partial charge < -0.3 is 59.5 Å². The summed E-state index contributed by atoms with van der Waals surface area (Å²) < 4.78 is 33.8.